The molecule has 25 heavy (non-hydrogen) atoms. The summed E-state index contributed by atoms with van der Waals surface area (Å²) in [6.45, 7) is 7.15. The predicted octanol–water partition coefficient (Wildman–Crippen LogP) is 4.84. The fourth-order valence-electron chi connectivity index (χ4n) is 3.35. The van der Waals surface area contributed by atoms with Gasteiger partial charge in [-0.1, -0.05) is 30.3 Å². The minimum atomic E-state index is 0.773. The maximum atomic E-state index is 4.67. The van der Waals surface area contributed by atoms with Crippen molar-refractivity contribution in [1.82, 2.24) is 9.97 Å². The molecule has 2 heterocycles. The topological polar surface area (TPSA) is 41.1 Å². The fourth-order valence-corrected chi connectivity index (χ4v) is 3.35. The molecule has 0 saturated heterocycles. The van der Waals surface area contributed by atoms with E-state index in [0.717, 1.165) is 36.1 Å². The summed E-state index contributed by atoms with van der Waals surface area (Å²) in [6, 6.07) is 16.9. The number of aromatic nitrogens is 2. The minimum absolute atomic E-state index is 0.773. The first-order chi connectivity index (χ1) is 12.1. The largest absolute Gasteiger partial charge is 0.340 e. The molecule has 126 valence electrons. The summed E-state index contributed by atoms with van der Waals surface area (Å²) < 4.78 is 0. The Kier molecular flexibility index (Phi) is 3.88. The molecule has 0 unspecified atom stereocenters. The Balaban J connectivity index is 1.69. The number of aryl methyl sites for hydroxylation is 2. The van der Waals surface area contributed by atoms with Crippen LogP contribution in [0.25, 0.3) is 0 Å². The highest BCUT2D eigenvalue weighted by molar-refractivity contribution is 5.70. The number of rotatable bonds is 3. The van der Waals surface area contributed by atoms with Crippen LogP contribution in [0.4, 0.5) is 23.0 Å². The monoisotopic (exact) mass is 330 g/mol. The molecular weight excluding hydrogens is 308 g/mol. The van der Waals surface area contributed by atoms with Gasteiger partial charge in [-0.15, -0.1) is 0 Å². The molecule has 3 aromatic rings. The van der Waals surface area contributed by atoms with Crippen molar-refractivity contribution in [2.75, 3.05) is 16.8 Å². The van der Waals surface area contributed by atoms with E-state index in [4.69, 9.17) is 0 Å². The van der Waals surface area contributed by atoms with E-state index in [0.29, 0.717) is 0 Å². The van der Waals surface area contributed by atoms with Gasteiger partial charge in [-0.05, 0) is 56.0 Å². The normalized spacial score (nSPS) is 13.0. The van der Waals surface area contributed by atoms with Gasteiger partial charge in [0.1, 0.15) is 17.5 Å². The summed E-state index contributed by atoms with van der Waals surface area (Å²) in [6.07, 6.45) is 1.05. The highest BCUT2D eigenvalue weighted by Gasteiger charge is 2.21. The van der Waals surface area contributed by atoms with Gasteiger partial charge in [-0.2, -0.15) is 0 Å². The van der Waals surface area contributed by atoms with E-state index in [1.54, 1.807) is 0 Å². The van der Waals surface area contributed by atoms with E-state index < -0.39 is 0 Å². The summed E-state index contributed by atoms with van der Waals surface area (Å²) >= 11 is 0. The van der Waals surface area contributed by atoms with Crippen molar-refractivity contribution in [3.05, 3.63) is 71.0 Å². The van der Waals surface area contributed by atoms with Gasteiger partial charge < -0.3 is 10.2 Å². The van der Waals surface area contributed by atoms with Crippen LogP contribution in [0.2, 0.25) is 0 Å². The summed E-state index contributed by atoms with van der Waals surface area (Å²) in [5.41, 5.74) is 6.23. The molecule has 4 nitrogen and oxygen atoms in total. The first kappa shape index (κ1) is 15.6. The van der Waals surface area contributed by atoms with Crippen LogP contribution in [0, 0.1) is 20.8 Å². The number of para-hydroxylation sites is 1. The van der Waals surface area contributed by atoms with E-state index >= 15 is 0 Å². The van der Waals surface area contributed by atoms with Crippen LogP contribution in [-0.2, 0) is 6.42 Å². The molecule has 0 saturated carbocycles. The first-order valence-corrected chi connectivity index (χ1v) is 8.66. The molecule has 4 heteroatoms. The lowest BCUT2D eigenvalue weighted by Crippen LogP contribution is -2.16. The van der Waals surface area contributed by atoms with Crippen LogP contribution in [-0.4, -0.2) is 16.5 Å². The Labute approximate surface area is 148 Å². The highest BCUT2D eigenvalue weighted by atomic mass is 15.2. The van der Waals surface area contributed by atoms with E-state index in [1.807, 2.05) is 13.0 Å². The number of nitrogens with zero attached hydrogens (tertiary/aromatic N) is 3. The van der Waals surface area contributed by atoms with Crippen molar-refractivity contribution in [3.63, 3.8) is 0 Å². The second-order valence-corrected chi connectivity index (χ2v) is 6.56. The maximum Gasteiger partial charge on any atom is 0.138 e. The fraction of sp³-hybridized carbons (Fsp3) is 0.238. The van der Waals surface area contributed by atoms with Crippen molar-refractivity contribution in [1.29, 1.82) is 0 Å². The van der Waals surface area contributed by atoms with Crippen LogP contribution in [0.15, 0.2) is 48.5 Å². The lowest BCUT2D eigenvalue weighted by molar-refractivity contribution is 0.946. The minimum Gasteiger partial charge on any atom is -0.340 e. The van der Waals surface area contributed by atoms with Gasteiger partial charge in [-0.3, -0.25) is 0 Å². The first-order valence-electron chi connectivity index (χ1n) is 8.66. The van der Waals surface area contributed by atoms with Crippen molar-refractivity contribution >= 4 is 23.0 Å². The molecule has 4 rings (SSSR count). The van der Waals surface area contributed by atoms with E-state index in [-0.39, 0.29) is 0 Å². The Hall–Kier alpha value is -2.88. The molecule has 0 radical (unpaired) electrons. The molecule has 0 atom stereocenters. The molecule has 0 spiro atoms. The molecular formula is C21H22N4. The Morgan fingerprint density at radius 2 is 1.80 bits per heavy atom. The molecule has 1 aromatic heterocycles. The van der Waals surface area contributed by atoms with Gasteiger partial charge in [0, 0.05) is 24.0 Å². The average Bonchev–Trinajstić information content (AvgIpc) is 3.03. The molecule has 1 N–H and O–H groups in total. The van der Waals surface area contributed by atoms with Gasteiger partial charge in [0.15, 0.2) is 0 Å². The zero-order valence-electron chi connectivity index (χ0n) is 14.9. The Morgan fingerprint density at radius 1 is 0.960 bits per heavy atom. The Bertz CT molecular complexity index is 933. The molecule has 0 bridgehead atoms. The quantitative estimate of drug-likeness (QED) is 0.746. The number of hydrogen-bond donors (Lipinski definition) is 1. The van der Waals surface area contributed by atoms with Gasteiger partial charge >= 0.3 is 0 Å². The standard InChI is InChI=1S/C21H22N4/c1-14-7-6-9-18(15(14)2)24-20-13-21(23-16(3)22-20)25-12-11-17-8-4-5-10-19(17)25/h4-10,13H,11-12H2,1-3H3,(H,22,23,24). The molecule has 0 amide bonds. The third-order valence-corrected chi connectivity index (χ3v) is 4.86. The van der Waals surface area contributed by atoms with E-state index in [2.05, 4.69) is 76.5 Å². The van der Waals surface area contributed by atoms with E-state index in [9.17, 15) is 0 Å². The van der Waals surface area contributed by atoms with Crippen LogP contribution in [0.1, 0.15) is 22.5 Å². The molecule has 0 aliphatic carbocycles. The lowest BCUT2D eigenvalue weighted by Gasteiger charge is -2.20. The van der Waals surface area contributed by atoms with Crippen LogP contribution < -0.4 is 10.2 Å². The van der Waals surface area contributed by atoms with Crippen LogP contribution in [0.5, 0.6) is 0 Å². The second-order valence-electron chi connectivity index (χ2n) is 6.56. The van der Waals surface area contributed by atoms with Gasteiger partial charge in [-0.25, -0.2) is 9.97 Å². The smallest absolute Gasteiger partial charge is 0.138 e. The number of fused-ring (bicyclic) bond motifs is 1. The van der Waals surface area contributed by atoms with E-state index in [1.165, 1.54) is 22.4 Å². The zero-order valence-corrected chi connectivity index (χ0v) is 14.9. The number of benzene rings is 2. The summed E-state index contributed by atoms with van der Waals surface area (Å²) in [7, 11) is 0. The zero-order chi connectivity index (χ0) is 17.4. The summed E-state index contributed by atoms with van der Waals surface area (Å²) in [5.74, 6) is 2.56. The van der Waals surface area contributed by atoms with Gasteiger partial charge in [0.2, 0.25) is 0 Å². The third-order valence-electron chi connectivity index (χ3n) is 4.86. The highest BCUT2D eigenvalue weighted by Crippen LogP contribution is 2.34. The molecule has 0 fully saturated rings. The Morgan fingerprint density at radius 3 is 2.68 bits per heavy atom. The second kappa shape index (κ2) is 6.20. The molecule has 1 aliphatic heterocycles. The predicted molar refractivity (Wildman–Crippen MR) is 103 cm³/mol. The number of hydrogen-bond acceptors (Lipinski definition) is 4. The van der Waals surface area contributed by atoms with Gasteiger partial charge in [0.25, 0.3) is 0 Å². The molecule has 1 aliphatic rings. The van der Waals surface area contributed by atoms with Crippen molar-refractivity contribution in [2.24, 2.45) is 0 Å². The maximum absolute atomic E-state index is 4.67. The summed E-state index contributed by atoms with van der Waals surface area (Å²) in [4.78, 5) is 11.5. The number of anilines is 4. The summed E-state index contributed by atoms with van der Waals surface area (Å²) in [5, 5.41) is 3.46. The van der Waals surface area contributed by atoms with Crippen molar-refractivity contribution < 1.29 is 0 Å². The van der Waals surface area contributed by atoms with Crippen molar-refractivity contribution in [3.8, 4) is 0 Å². The SMILES string of the molecule is Cc1nc(Nc2cccc(C)c2C)cc(N2CCc3ccccc32)n1. The van der Waals surface area contributed by atoms with Crippen molar-refractivity contribution in [2.45, 2.75) is 27.2 Å². The number of nitrogens with one attached hydrogen (secondary N) is 1. The lowest BCUT2D eigenvalue weighted by atomic mass is 10.1. The van der Waals surface area contributed by atoms with Crippen LogP contribution in [0.3, 0.4) is 0 Å². The van der Waals surface area contributed by atoms with Gasteiger partial charge in [0.05, 0.1) is 0 Å². The average molecular weight is 330 g/mol. The van der Waals surface area contributed by atoms with Crippen LogP contribution >= 0.6 is 0 Å². The molecule has 2 aromatic carbocycles. The third kappa shape index (κ3) is 2.95.